The fourth-order valence-corrected chi connectivity index (χ4v) is 3.28. The minimum Gasteiger partial charge on any atom is -0.437 e. The molecule has 0 bridgehead atoms. The van der Waals surface area contributed by atoms with Crippen LogP contribution < -0.4 is 15.8 Å². The number of carbonyl (C=O) groups is 2. The molecular weight excluding hydrogens is 461 g/mol. The van der Waals surface area contributed by atoms with Crippen LogP contribution in [0.2, 0.25) is 0 Å². The van der Waals surface area contributed by atoms with E-state index in [2.05, 4.69) is 15.3 Å². The summed E-state index contributed by atoms with van der Waals surface area (Å²) in [5.41, 5.74) is 5.77. The average molecular weight is 478 g/mol. The average Bonchev–Trinajstić information content (AvgIpc) is 2.84. The first-order chi connectivity index (χ1) is 16.7. The number of anilines is 1. The molecule has 0 atom stereocenters. The smallest absolute Gasteiger partial charge is 0.416 e. The van der Waals surface area contributed by atoms with E-state index in [1.807, 2.05) is 0 Å². The Morgan fingerprint density at radius 1 is 0.886 bits per heavy atom. The third-order valence-corrected chi connectivity index (χ3v) is 4.88. The van der Waals surface area contributed by atoms with Crippen molar-refractivity contribution in [2.24, 2.45) is 5.73 Å². The second-order valence-electron chi connectivity index (χ2n) is 7.28. The van der Waals surface area contributed by atoms with Crippen LogP contribution in [-0.4, -0.2) is 21.8 Å². The molecule has 1 aromatic heterocycles. The van der Waals surface area contributed by atoms with E-state index in [0.29, 0.717) is 5.56 Å². The molecular formula is C25H17F3N4O3. The van der Waals surface area contributed by atoms with Gasteiger partial charge in [-0.1, -0.05) is 36.4 Å². The number of carbonyl (C=O) groups excluding carboxylic acids is 2. The van der Waals surface area contributed by atoms with E-state index in [1.54, 1.807) is 42.5 Å². The van der Waals surface area contributed by atoms with Gasteiger partial charge in [0.05, 0.1) is 34.9 Å². The molecule has 0 saturated carbocycles. The van der Waals surface area contributed by atoms with Crippen LogP contribution in [0.5, 0.6) is 11.6 Å². The minimum absolute atomic E-state index is 0.0592. The molecule has 1 heterocycles. The van der Waals surface area contributed by atoms with E-state index < -0.39 is 23.6 Å². The zero-order valence-corrected chi connectivity index (χ0v) is 17.9. The maximum Gasteiger partial charge on any atom is 0.416 e. The van der Waals surface area contributed by atoms with Gasteiger partial charge in [0.1, 0.15) is 5.75 Å². The van der Waals surface area contributed by atoms with Crippen molar-refractivity contribution >= 4 is 17.5 Å². The molecule has 3 aromatic carbocycles. The first-order valence-electron chi connectivity index (χ1n) is 10.2. The Labute approximate surface area is 197 Å². The summed E-state index contributed by atoms with van der Waals surface area (Å²) in [6, 6.07) is 17.2. The van der Waals surface area contributed by atoms with Gasteiger partial charge in [-0.2, -0.15) is 13.2 Å². The van der Waals surface area contributed by atoms with E-state index in [9.17, 15) is 22.8 Å². The zero-order valence-electron chi connectivity index (χ0n) is 17.9. The summed E-state index contributed by atoms with van der Waals surface area (Å²) in [6.07, 6.45) is -1.88. The van der Waals surface area contributed by atoms with E-state index in [4.69, 9.17) is 10.5 Å². The fraction of sp³-hybridized carbons (Fsp3) is 0.0400. The van der Waals surface area contributed by atoms with Crippen LogP contribution >= 0.6 is 0 Å². The predicted octanol–water partition coefficient (Wildman–Crippen LogP) is 5.31. The SMILES string of the molecule is NC(=O)c1ccccc1NC(=O)c1ccccc1-c1cncc(Oc2cccc(C(F)(F)F)c2)n1. The maximum atomic E-state index is 13.0. The highest BCUT2D eigenvalue weighted by Crippen LogP contribution is 2.33. The first kappa shape index (κ1) is 23.4. The summed E-state index contributed by atoms with van der Waals surface area (Å²) in [5.74, 6) is -1.35. The van der Waals surface area contributed by atoms with Gasteiger partial charge in [-0.3, -0.25) is 14.6 Å². The Morgan fingerprint density at radius 3 is 2.34 bits per heavy atom. The number of alkyl halides is 3. The van der Waals surface area contributed by atoms with Gasteiger partial charge in [0.15, 0.2) is 0 Å². The largest absolute Gasteiger partial charge is 0.437 e. The number of nitrogens with one attached hydrogen (secondary N) is 1. The Kier molecular flexibility index (Phi) is 6.45. The van der Waals surface area contributed by atoms with E-state index in [-0.39, 0.29) is 34.1 Å². The summed E-state index contributed by atoms with van der Waals surface area (Å²) in [6.45, 7) is 0. The quantitative estimate of drug-likeness (QED) is 0.391. The Bertz CT molecular complexity index is 1410. The van der Waals surface area contributed by atoms with E-state index in [1.165, 1.54) is 30.6 Å². The lowest BCUT2D eigenvalue weighted by molar-refractivity contribution is -0.137. The topological polar surface area (TPSA) is 107 Å². The summed E-state index contributed by atoms with van der Waals surface area (Å²) < 4.78 is 44.5. The standard InChI is InChI=1S/C25H17F3N4O3/c26-25(27,28)15-6-5-7-16(12-15)35-22-14-30-13-21(31-22)17-8-1-2-9-18(17)24(34)32-20-11-4-3-10-19(20)23(29)33/h1-14H,(H2,29,33)(H,32,34). The minimum atomic E-state index is -4.52. The molecule has 0 saturated heterocycles. The van der Waals surface area contributed by atoms with Crippen LogP contribution in [0, 0.1) is 0 Å². The normalized spacial score (nSPS) is 11.1. The number of primary amides is 1. The van der Waals surface area contributed by atoms with Crippen LogP contribution in [-0.2, 0) is 6.18 Å². The number of nitrogens with two attached hydrogens (primary N) is 1. The molecule has 0 aliphatic heterocycles. The third kappa shape index (κ3) is 5.44. The third-order valence-electron chi connectivity index (χ3n) is 4.88. The number of hydrogen-bond donors (Lipinski definition) is 2. The molecule has 176 valence electrons. The number of amides is 2. The highest BCUT2D eigenvalue weighted by atomic mass is 19.4. The Hall–Kier alpha value is -4.73. The monoisotopic (exact) mass is 478 g/mol. The van der Waals surface area contributed by atoms with E-state index in [0.717, 1.165) is 12.1 Å². The number of aromatic nitrogens is 2. The molecule has 0 radical (unpaired) electrons. The van der Waals surface area contributed by atoms with Crippen molar-refractivity contribution in [3.8, 4) is 22.9 Å². The molecule has 3 N–H and O–H groups in total. The van der Waals surface area contributed by atoms with Crippen LogP contribution in [0.25, 0.3) is 11.3 Å². The second-order valence-corrected chi connectivity index (χ2v) is 7.28. The lowest BCUT2D eigenvalue weighted by Crippen LogP contribution is -2.18. The highest BCUT2D eigenvalue weighted by Gasteiger charge is 2.30. The number of ether oxygens (including phenoxy) is 1. The van der Waals surface area contributed by atoms with Crippen molar-refractivity contribution in [1.29, 1.82) is 0 Å². The Balaban J connectivity index is 1.63. The first-order valence-corrected chi connectivity index (χ1v) is 10.2. The van der Waals surface area contributed by atoms with Crippen molar-refractivity contribution in [1.82, 2.24) is 9.97 Å². The molecule has 0 aliphatic rings. The summed E-state index contributed by atoms with van der Waals surface area (Å²) >= 11 is 0. The molecule has 0 spiro atoms. The molecule has 7 nitrogen and oxygen atoms in total. The van der Waals surface area contributed by atoms with Crippen LogP contribution in [0.4, 0.5) is 18.9 Å². The number of halogens is 3. The molecule has 35 heavy (non-hydrogen) atoms. The lowest BCUT2D eigenvalue weighted by atomic mass is 10.0. The second kappa shape index (κ2) is 9.64. The predicted molar refractivity (Wildman–Crippen MR) is 122 cm³/mol. The number of hydrogen-bond acceptors (Lipinski definition) is 5. The molecule has 0 fully saturated rings. The summed E-state index contributed by atoms with van der Waals surface area (Å²) in [7, 11) is 0. The molecule has 2 amide bonds. The van der Waals surface area contributed by atoms with Crippen molar-refractivity contribution in [2.45, 2.75) is 6.18 Å². The molecule has 4 aromatic rings. The summed E-state index contributed by atoms with van der Waals surface area (Å²) in [5, 5.41) is 2.67. The Morgan fingerprint density at radius 2 is 1.60 bits per heavy atom. The maximum absolute atomic E-state index is 13.0. The van der Waals surface area contributed by atoms with Gasteiger partial charge in [-0.15, -0.1) is 0 Å². The highest BCUT2D eigenvalue weighted by molar-refractivity contribution is 6.11. The van der Waals surface area contributed by atoms with Crippen LogP contribution in [0.1, 0.15) is 26.3 Å². The van der Waals surface area contributed by atoms with Gasteiger partial charge >= 0.3 is 6.18 Å². The van der Waals surface area contributed by atoms with Crippen molar-refractivity contribution in [2.75, 3.05) is 5.32 Å². The molecule has 10 heteroatoms. The fourth-order valence-electron chi connectivity index (χ4n) is 3.28. The molecule has 0 unspecified atom stereocenters. The van der Waals surface area contributed by atoms with Crippen LogP contribution in [0.15, 0.2) is 85.2 Å². The lowest BCUT2D eigenvalue weighted by Gasteiger charge is -2.13. The van der Waals surface area contributed by atoms with Crippen molar-refractivity contribution in [3.63, 3.8) is 0 Å². The number of rotatable bonds is 6. The van der Waals surface area contributed by atoms with Crippen molar-refractivity contribution < 1.29 is 27.5 Å². The van der Waals surface area contributed by atoms with Gasteiger partial charge in [0, 0.05) is 11.1 Å². The number of nitrogens with zero attached hydrogens (tertiary/aromatic N) is 2. The van der Waals surface area contributed by atoms with Gasteiger partial charge in [-0.25, -0.2) is 4.98 Å². The molecule has 4 rings (SSSR count). The van der Waals surface area contributed by atoms with Gasteiger partial charge in [-0.05, 0) is 36.4 Å². The van der Waals surface area contributed by atoms with E-state index >= 15 is 0 Å². The zero-order chi connectivity index (χ0) is 25.0. The van der Waals surface area contributed by atoms with Crippen LogP contribution in [0.3, 0.4) is 0 Å². The van der Waals surface area contributed by atoms with Gasteiger partial charge in [0.2, 0.25) is 5.88 Å². The van der Waals surface area contributed by atoms with Gasteiger partial charge in [0.25, 0.3) is 11.8 Å². The van der Waals surface area contributed by atoms with Crippen molar-refractivity contribution in [3.05, 3.63) is 102 Å². The summed E-state index contributed by atoms with van der Waals surface area (Å²) in [4.78, 5) is 33.1. The molecule has 0 aliphatic carbocycles. The van der Waals surface area contributed by atoms with Gasteiger partial charge < -0.3 is 15.8 Å². The number of para-hydroxylation sites is 1. The number of benzene rings is 3.